The second-order valence-electron chi connectivity index (χ2n) is 10.1. The molecule has 0 atom stereocenters. The third-order valence-electron chi connectivity index (χ3n) is 7.21. The Balaban J connectivity index is 1.12. The molecule has 11 heteroatoms. The molecule has 4 aromatic heterocycles. The number of amides is 1. The van der Waals surface area contributed by atoms with Crippen LogP contribution in [0, 0.1) is 0 Å². The van der Waals surface area contributed by atoms with Crippen LogP contribution in [-0.4, -0.2) is 48.7 Å². The number of nitrogens with one attached hydrogen (secondary N) is 1. The summed E-state index contributed by atoms with van der Waals surface area (Å²) in [4.78, 5) is 29.3. The lowest BCUT2D eigenvalue weighted by Crippen LogP contribution is -2.30. The molecule has 1 fully saturated rings. The fraction of sp³-hybridized carbons (Fsp3) is 0.241. The fourth-order valence-electron chi connectivity index (χ4n) is 4.94. The molecule has 0 unspecified atom stereocenters. The Morgan fingerprint density at radius 3 is 2.80 bits per heavy atom. The first-order chi connectivity index (χ1) is 19.3. The van der Waals surface area contributed by atoms with Crippen LogP contribution in [0.1, 0.15) is 40.5 Å². The highest BCUT2D eigenvalue weighted by molar-refractivity contribution is 7.91. The summed E-state index contributed by atoms with van der Waals surface area (Å²) in [6, 6.07) is 14.6. The van der Waals surface area contributed by atoms with Gasteiger partial charge in [0, 0.05) is 40.4 Å². The minimum absolute atomic E-state index is 0.0529. The molecule has 2 aliphatic rings. The van der Waals surface area contributed by atoms with E-state index in [4.69, 9.17) is 19.1 Å². The number of sulfone groups is 1. The number of nitrogens with zero attached hydrogens (tertiary/aromatic N) is 4. The van der Waals surface area contributed by atoms with Crippen molar-refractivity contribution in [3.05, 3.63) is 77.9 Å². The number of furan rings is 1. The highest BCUT2D eigenvalue weighted by atomic mass is 32.2. The molecule has 0 radical (unpaired) electrons. The molecule has 0 saturated heterocycles. The Bertz CT molecular complexity index is 1920. The zero-order valence-electron chi connectivity index (χ0n) is 21.6. The third kappa shape index (κ3) is 4.51. The van der Waals surface area contributed by atoms with Crippen LogP contribution in [0.4, 0.5) is 11.6 Å². The molecular weight excluding hydrogens is 530 g/mol. The van der Waals surface area contributed by atoms with Crippen LogP contribution in [0.15, 0.2) is 70.3 Å². The Kier molecular flexibility index (Phi) is 5.70. The normalized spacial score (nSPS) is 15.2. The molecule has 1 N–H and O–H groups in total. The van der Waals surface area contributed by atoms with Gasteiger partial charge in [0.2, 0.25) is 0 Å². The standard InChI is InChI=1S/C29H25N5O5S/c1-40(36,37)26-16-39-24-7-4-18(12-21(24)26)29(35)31-15-20-13-23-19(14-30-20)5-9-27(32-23)34-10-11-38-25-8-6-22(17-2-3-17)33-28(25)34/h4-9,12-14,16-17H,2-3,10-11,15H2,1H3,(H,31,35). The first kappa shape index (κ1) is 24.5. The van der Waals surface area contributed by atoms with Gasteiger partial charge < -0.3 is 19.4 Å². The van der Waals surface area contributed by atoms with Crippen molar-refractivity contribution in [3.63, 3.8) is 0 Å². The van der Waals surface area contributed by atoms with E-state index in [0.29, 0.717) is 41.3 Å². The zero-order chi connectivity index (χ0) is 27.4. The van der Waals surface area contributed by atoms with Gasteiger partial charge in [-0.2, -0.15) is 0 Å². The molecule has 0 spiro atoms. The largest absolute Gasteiger partial charge is 0.488 e. The van der Waals surface area contributed by atoms with Crippen molar-refractivity contribution in [3.8, 4) is 5.75 Å². The van der Waals surface area contributed by atoms with E-state index in [2.05, 4.69) is 21.3 Å². The van der Waals surface area contributed by atoms with E-state index in [1.165, 1.54) is 25.2 Å². The van der Waals surface area contributed by atoms with Gasteiger partial charge in [0.25, 0.3) is 5.91 Å². The summed E-state index contributed by atoms with van der Waals surface area (Å²) in [5, 5.41) is 4.12. The molecule has 40 heavy (non-hydrogen) atoms. The SMILES string of the molecule is CS(=O)(=O)c1coc2ccc(C(=O)NCc3cc4nc(N5CCOc6ccc(C7CC7)nc65)ccc4cn3)cc12. The smallest absolute Gasteiger partial charge is 0.251 e. The summed E-state index contributed by atoms with van der Waals surface area (Å²) < 4.78 is 35.3. The van der Waals surface area contributed by atoms with Crippen molar-refractivity contribution in [2.45, 2.75) is 30.2 Å². The fourth-order valence-corrected chi connectivity index (χ4v) is 5.72. The molecule has 7 rings (SSSR count). The number of carbonyl (C=O) groups excluding carboxylic acids is 1. The topological polar surface area (TPSA) is 128 Å². The van der Waals surface area contributed by atoms with Crippen LogP contribution in [0.3, 0.4) is 0 Å². The van der Waals surface area contributed by atoms with Gasteiger partial charge in [-0.3, -0.25) is 9.78 Å². The average molecular weight is 556 g/mol. The first-order valence-corrected chi connectivity index (χ1v) is 14.9. The molecule has 0 bridgehead atoms. The van der Waals surface area contributed by atoms with E-state index in [0.717, 1.165) is 40.2 Å². The number of hydrogen-bond acceptors (Lipinski definition) is 9. The van der Waals surface area contributed by atoms with Crippen LogP contribution in [0.25, 0.3) is 21.9 Å². The monoisotopic (exact) mass is 555 g/mol. The van der Waals surface area contributed by atoms with E-state index >= 15 is 0 Å². The summed E-state index contributed by atoms with van der Waals surface area (Å²) in [5.41, 5.74) is 3.21. The van der Waals surface area contributed by atoms with E-state index in [1.807, 2.05) is 24.3 Å². The Morgan fingerprint density at radius 2 is 1.98 bits per heavy atom. The minimum Gasteiger partial charge on any atom is -0.488 e. The number of pyridine rings is 3. The predicted octanol–water partition coefficient (Wildman–Crippen LogP) is 4.51. The molecule has 5 aromatic rings. The van der Waals surface area contributed by atoms with Crippen molar-refractivity contribution < 1.29 is 22.4 Å². The second kappa shape index (κ2) is 9.30. The molecule has 1 aromatic carbocycles. The van der Waals surface area contributed by atoms with Crippen LogP contribution < -0.4 is 15.0 Å². The van der Waals surface area contributed by atoms with E-state index in [1.54, 1.807) is 18.3 Å². The molecular formula is C29H25N5O5S. The number of hydrogen-bond donors (Lipinski definition) is 1. The van der Waals surface area contributed by atoms with Crippen LogP contribution >= 0.6 is 0 Å². The van der Waals surface area contributed by atoms with Crippen molar-refractivity contribution in [2.75, 3.05) is 24.3 Å². The Labute approximate surface area is 229 Å². The number of rotatable bonds is 6. The summed E-state index contributed by atoms with van der Waals surface area (Å²) in [7, 11) is -3.49. The average Bonchev–Trinajstić information content (AvgIpc) is 3.72. The van der Waals surface area contributed by atoms with Gasteiger partial charge >= 0.3 is 0 Å². The van der Waals surface area contributed by atoms with Gasteiger partial charge in [0.05, 0.1) is 24.3 Å². The summed E-state index contributed by atoms with van der Waals surface area (Å²) in [5.74, 6) is 2.50. The lowest BCUT2D eigenvalue weighted by Gasteiger charge is -2.29. The molecule has 10 nitrogen and oxygen atoms in total. The minimum atomic E-state index is -3.49. The van der Waals surface area contributed by atoms with Crippen LogP contribution in [0.2, 0.25) is 0 Å². The maximum Gasteiger partial charge on any atom is 0.251 e. The van der Waals surface area contributed by atoms with Crippen molar-refractivity contribution in [1.29, 1.82) is 0 Å². The second-order valence-corrected chi connectivity index (χ2v) is 12.1. The number of carbonyl (C=O) groups is 1. The van der Waals surface area contributed by atoms with Gasteiger partial charge in [-0.25, -0.2) is 18.4 Å². The highest BCUT2D eigenvalue weighted by Gasteiger charge is 2.29. The predicted molar refractivity (Wildman–Crippen MR) is 149 cm³/mol. The van der Waals surface area contributed by atoms with Crippen molar-refractivity contribution in [1.82, 2.24) is 20.3 Å². The highest BCUT2D eigenvalue weighted by Crippen LogP contribution is 2.42. The molecule has 5 heterocycles. The summed E-state index contributed by atoms with van der Waals surface area (Å²) >= 11 is 0. The third-order valence-corrected chi connectivity index (χ3v) is 8.32. The number of aromatic nitrogens is 3. The molecule has 1 aliphatic heterocycles. The van der Waals surface area contributed by atoms with E-state index < -0.39 is 9.84 Å². The molecule has 1 amide bonds. The number of anilines is 2. The lowest BCUT2D eigenvalue weighted by molar-refractivity contribution is 0.0950. The Hall–Kier alpha value is -4.51. The number of ether oxygens (including phenoxy) is 1. The Morgan fingerprint density at radius 1 is 1.10 bits per heavy atom. The van der Waals surface area contributed by atoms with Crippen molar-refractivity contribution >= 4 is 49.3 Å². The number of fused-ring (bicyclic) bond motifs is 3. The molecule has 1 aliphatic carbocycles. The maximum atomic E-state index is 12.9. The quantitative estimate of drug-likeness (QED) is 0.322. The summed E-state index contributed by atoms with van der Waals surface area (Å²) in [6.07, 6.45) is 6.38. The van der Waals surface area contributed by atoms with E-state index in [9.17, 15) is 13.2 Å². The van der Waals surface area contributed by atoms with Gasteiger partial charge in [-0.05, 0) is 61.4 Å². The lowest BCUT2D eigenvalue weighted by atomic mass is 10.1. The first-order valence-electron chi connectivity index (χ1n) is 13.0. The molecule has 1 saturated carbocycles. The zero-order valence-corrected chi connectivity index (χ0v) is 22.4. The maximum absolute atomic E-state index is 12.9. The van der Waals surface area contributed by atoms with Gasteiger partial charge in [-0.1, -0.05) is 0 Å². The van der Waals surface area contributed by atoms with Gasteiger partial charge in [0.1, 0.15) is 29.2 Å². The van der Waals surface area contributed by atoms with Gasteiger partial charge in [-0.15, -0.1) is 0 Å². The number of benzene rings is 1. The van der Waals surface area contributed by atoms with Crippen molar-refractivity contribution in [2.24, 2.45) is 0 Å². The van der Waals surface area contributed by atoms with Crippen LogP contribution in [-0.2, 0) is 16.4 Å². The summed E-state index contributed by atoms with van der Waals surface area (Å²) in [6.45, 7) is 1.36. The van der Waals surface area contributed by atoms with Crippen LogP contribution in [0.5, 0.6) is 5.75 Å². The van der Waals surface area contributed by atoms with E-state index in [-0.39, 0.29) is 17.3 Å². The van der Waals surface area contributed by atoms with Gasteiger partial charge in [0.15, 0.2) is 21.4 Å². The molecule has 202 valence electrons.